The van der Waals surface area contributed by atoms with Gasteiger partial charge in [0.25, 0.3) is 0 Å². The zero-order valence-corrected chi connectivity index (χ0v) is 9.07. The standard InChI is InChI=1S/C12H14N2O2/c1-14-12(15)10(13)6-8-7-16-11-5-3-2-4-9(8)11/h2-5,7,10H,6,13H2,1H3,(H,14,15). The first kappa shape index (κ1) is 10.7. The van der Waals surface area contributed by atoms with Crippen molar-refractivity contribution in [1.82, 2.24) is 5.32 Å². The van der Waals surface area contributed by atoms with Gasteiger partial charge < -0.3 is 15.5 Å². The molecule has 0 fully saturated rings. The Kier molecular flexibility index (Phi) is 2.92. The van der Waals surface area contributed by atoms with Gasteiger partial charge in [0.05, 0.1) is 12.3 Å². The van der Waals surface area contributed by atoms with E-state index in [2.05, 4.69) is 5.32 Å². The summed E-state index contributed by atoms with van der Waals surface area (Å²) in [4.78, 5) is 11.3. The number of hydrogen-bond acceptors (Lipinski definition) is 3. The number of fused-ring (bicyclic) bond motifs is 1. The van der Waals surface area contributed by atoms with Gasteiger partial charge >= 0.3 is 0 Å². The molecule has 1 aromatic heterocycles. The third-order valence-corrected chi connectivity index (χ3v) is 2.58. The van der Waals surface area contributed by atoms with Gasteiger partial charge in [-0.15, -0.1) is 0 Å². The Bertz CT molecular complexity index is 504. The molecular formula is C12H14N2O2. The number of amides is 1. The quantitative estimate of drug-likeness (QED) is 0.809. The third-order valence-electron chi connectivity index (χ3n) is 2.58. The lowest BCUT2D eigenvalue weighted by Gasteiger charge is -2.08. The predicted molar refractivity (Wildman–Crippen MR) is 62.0 cm³/mol. The SMILES string of the molecule is CNC(=O)C(N)Cc1coc2ccccc12. The van der Waals surface area contributed by atoms with Crippen molar-refractivity contribution in [1.29, 1.82) is 0 Å². The highest BCUT2D eigenvalue weighted by Gasteiger charge is 2.15. The Balaban J connectivity index is 2.24. The smallest absolute Gasteiger partial charge is 0.237 e. The molecule has 0 aliphatic rings. The number of hydrogen-bond donors (Lipinski definition) is 2. The molecule has 0 saturated heterocycles. The van der Waals surface area contributed by atoms with Crippen LogP contribution >= 0.6 is 0 Å². The van der Waals surface area contributed by atoms with Gasteiger partial charge in [-0.2, -0.15) is 0 Å². The van der Waals surface area contributed by atoms with Crippen LogP contribution in [-0.4, -0.2) is 19.0 Å². The van der Waals surface area contributed by atoms with Gasteiger partial charge in [-0.3, -0.25) is 4.79 Å². The summed E-state index contributed by atoms with van der Waals surface area (Å²) in [5, 5.41) is 3.55. The molecule has 0 spiro atoms. The van der Waals surface area contributed by atoms with Crippen LogP contribution in [0.3, 0.4) is 0 Å². The number of rotatable bonds is 3. The van der Waals surface area contributed by atoms with Crippen molar-refractivity contribution < 1.29 is 9.21 Å². The van der Waals surface area contributed by atoms with Crippen molar-refractivity contribution in [2.45, 2.75) is 12.5 Å². The molecule has 84 valence electrons. The van der Waals surface area contributed by atoms with Crippen molar-refractivity contribution in [3.8, 4) is 0 Å². The Morgan fingerprint density at radius 2 is 2.25 bits per heavy atom. The van der Waals surface area contributed by atoms with E-state index < -0.39 is 6.04 Å². The number of furan rings is 1. The average molecular weight is 218 g/mol. The highest BCUT2D eigenvalue weighted by Crippen LogP contribution is 2.21. The summed E-state index contributed by atoms with van der Waals surface area (Å²) >= 11 is 0. The summed E-state index contributed by atoms with van der Waals surface area (Å²) in [7, 11) is 1.58. The summed E-state index contributed by atoms with van der Waals surface area (Å²) in [6.45, 7) is 0. The molecule has 2 aromatic rings. The van der Waals surface area contributed by atoms with E-state index in [9.17, 15) is 4.79 Å². The minimum absolute atomic E-state index is 0.162. The second kappa shape index (κ2) is 4.37. The molecule has 1 unspecified atom stereocenters. The molecule has 0 bridgehead atoms. The summed E-state index contributed by atoms with van der Waals surface area (Å²) in [5.41, 5.74) is 7.54. The first-order valence-electron chi connectivity index (χ1n) is 5.14. The highest BCUT2D eigenvalue weighted by atomic mass is 16.3. The average Bonchev–Trinajstić information content (AvgIpc) is 2.72. The van der Waals surface area contributed by atoms with Crippen LogP contribution in [0.1, 0.15) is 5.56 Å². The van der Waals surface area contributed by atoms with Crippen LogP contribution in [0, 0.1) is 0 Å². The number of benzene rings is 1. The van der Waals surface area contributed by atoms with E-state index in [1.54, 1.807) is 13.3 Å². The molecule has 2 rings (SSSR count). The van der Waals surface area contributed by atoms with Crippen molar-refractivity contribution in [2.24, 2.45) is 5.73 Å². The zero-order valence-electron chi connectivity index (χ0n) is 9.07. The van der Waals surface area contributed by atoms with Crippen LogP contribution in [0.2, 0.25) is 0 Å². The second-order valence-electron chi connectivity index (χ2n) is 3.68. The molecule has 1 amide bonds. The largest absolute Gasteiger partial charge is 0.464 e. The van der Waals surface area contributed by atoms with Crippen molar-refractivity contribution in [3.05, 3.63) is 36.1 Å². The molecule has 0 saturated carbocycles. The number of likely N-dealkylation sites (N-methyl/N-ethyl adjacent to an activating group) is 1. The fourth-order valence-corrected chi connectivity index (χ4v) is 1.71. The van der Waals surface area contributed by atoms with Gasteiger partial charge in [0.1, 0.15) is 5.58 Å². The molecule has 1 heterocycles. The molecule has 4 heteroatoms. The first-order valence-corrected chi connectivity index (χ1v) is 5.14. The summed E-state index contributed by atoms with van der Waals surface area (Å²) < 4.78 is 5.38. The Hall–Kier alpha value is -1.81. The molecule has 16 heavy (non-hydrogen) atoms. The predicted octanol–water partition coefficient (Wildman–Crippen LogP) is 1.05. The molecule has 3 N–H and O–H groups in total. The molecule has 1 aromatic carbocycles. The lowest BCUT2D eigenvalue weighted by Crippen LogP contribution is -2.40. The van der Waals surface area contributed by atoms with Crippen molar-refractivity contribution >= 4 is 16.9 Å². The molecule has 1 atom stereocenters. The lowest BCUT2D eigenvalue weighted by molar-refractivity contribution is -0.121. The van der Waals surface area contributed by atoms with Crippen LogP contribution in [-0.2, 0) is 11.2 Å². The molecule has 4 nitrogen and oxygen atoms in total. The normalized spacial score (nSPS) is 12.6. The van der Waals surface area contributed by atoms with Gasteiger partial charge in [0.15, 0.2) is 0 Å². The maximum atomic E-state index is 11.3. The van der Waals surface area contributed by atoms with Crippen LogP contribution in [0.4, 0.5) is 0 Å². The summed E-state index contributed by atoms with van der Waals surface area (Å²) in [6.07, 6.45) is 2.14. The maximum Gasteiger partial charge on any atom is 0.237 e. The van der Waals surface area contributed by atoms with E-state index in [1.165, 1.54) is 0 Å². The number of carbonyl (C=O) groups excluding carboxylic acids is 1. The van der Waals surface area contributed by atoms with Crippen LogP contribution in [0.15, 0.2) is 34.9 Å². The van der Waals surface area contributed by atoms with E-state index in [4.69, 9.17) is 10.2 Å². The fourth-order valence-electron chi connectivity index (χ4n) is 1.71. The van der Waals surface area contributed by atoms with E-state index in [1.807, 2.05) is 24.3 Å². The van der Waals surface area contributed by atoms with Gasteiger partial charge in [-0.25, -0.2) is 0 Å². The molecule has 0 aliphatic heterocycles. The third kappa shape index (κ3) is 1.92. The summed E-state index contributed by atoms with van der Waals surface area (Å²) in [5.74, 6) is -0.162. The number of nitrogens with two attached hydrogens (primary N) is 1. The minimum Gasteiger partial charge on any atom is -0.464 e. The lowest BCUT2D eigenvalue weighted by atomic mass is 10.1. The Labute approximate surface area is 93.4 Å². The topological polar surface area (TPSA) is 68.3 Å². The number of para-hydroxylation sites is 1. The summed E-state index contributed by atoms with van der Waals surface area (Å²) in [6, 6.07) is 7.17. The molecule has 0 radical (unpaired) electrons. The zero-order chi connectivity index (χ0) is 11.5. The van der Waals surface area contributed by atoms with Gasteiger partial charge in [0, 0.05) is 24.4 Å². The van der Waals surface area contributed by atoms with E-state index >= 15 is 0 Å². The van der Waals surface area contributed by atoms with Crippen molar-refractivity contribution in [3.63, 3.8) is 0 Å². The van der Waals surface area contributed by atoms with E-state index in [-0.39, 0.29) is 5.91 Å². The molecule has 0 aliphatic carbocycles. The van der Waals surface area contributed by atoms with Crippen molar-refractivity contribution in [2.75, 3.05) is 7.05 Å². The molecular weight excluding hydrogens is 204 g/mol. The Morgan fingerprint density at radius 3 is 3.00 bits per heavy atom. The number of nitrogens with one attached hydrogen (secondary N) is 1. The van der Waals surface area contributed by atoms with Gasteiger partial charge in [0.2, 0.25) is 5.91 Å². The minimum atomic E-state index is -0.536. The van der Waals surface area contributed by atoms with E-state index in [0.29, 0.717) is 6.42 Å². The van der Waals surface area contributed by atoms with Crippen LogP contribution in [0.5, 0.6) is 0 Å². The maximum absolute atomic E-state index is 11.3. The first-order chi connectivity index (χ1) is 7.72. The Morgan fingerprint density at radius 1 is 1.50 bits per heavy atom. The number of carbonyl (C=O) groups is 1. The highest BCUT2D eigenvalue weighted by molar-refractivity contribution is 5.84. The van der Waals surface area contributed by atoms with E-state index in [0.717, 1.165) is 16.5 Å². The second-order valence-corrected chi connectivity index (χ2v) is 3.68. The van der Waals surface area contributed by atoms with Gasteiger partial charge in [-0.05, 0) is 6.07 Å². The van der Waals surface area contributed by atoms with Gasteiger partial charge in [-0.1, -0.05) is 18.2 Å². The van der Waals surface area contributed by atoms with Crippen LogP contribution in [0.25, 0.3) is 11.0 Å². The monoisotopic (exact) mass is 218 g/mol. The fraction of sp³-hybridized carbons (Fsp3) is 0.250. The van der Waals surface area contributed by atoms with Crippen LogP contribution < -0.4 is 11.1 Å².